The fourth-order valence-corrected chi connectivity index (χ4v) is 1.76. The van der Waals surface area contributed by atoms with Crippen molar-refractivity contribution in [3.05, 3.63) is 0 Å². The number of hydrogen-bond donors (Lipinski definition) is 1. The third kappa shape index (κ3) is 2.21. The van der Waals surface area contributed by atoms with Gasteiger partial charge in [-0.05, 0) is 25.3 Å². The molecule has 1 aliphatic heterocycles. The van der Waals surface area contributed by atoms with Gasteiger partial charge in [0.05, 0.1) is 7.11 Å². The predicted octanol–water partition coefficient (Wildman–Crippen LogP) is 0.938. The van der Waals surface area contributed by atoms with Crippen molar-refractivity contribution in [1.82, 2.24) is 5.32 Å². The largest absolute Gasteiger partial charge is 0.468 e. The van der Waals surface area contributed by atoms with Crippen molar-refractivity contribution in [3.8, 4) is 0 Å². The van der Waals surface area contributed by atoms with Crippen LogP contribution in [0.3, 0.4) is 0 Å². The highest BCUT2D eigenvalue weighted by Gasteiger charge is 2.29. The fraction of sp³-hybridized carbons (Fsp3) is 0.889. The van der Waals surface area contributed by atoms with Crippen molar-refractivity contribution in [2.24, 2.45) is 5.92 Å². The van der Waals surface area contributed by atoms with Crippen LogP contribution in [0, 0.1) is 5.92 Å². The SMILES string of the molecule is CCC[C@@H]1CN[C@H](C(=O)OC)C1. The van der Waals surface area contributed by atoms with Crippen LogP contribution in [0.5, 0.6) is 0 Å². The molecule has 1 heterocycles. The molecule has 0 unspecified atom stereocenters. The average Bonchev–Trinajstić information content (AvgIpc) is 2.52. The van der Waals surface area contributed by atoms with E-state index in [1.165, 1.54) is 20.0 Å². The van der Waals surface area contributed by atoms with E-state index in [2.05, 4.69) is 17.0 Å². The Morgan fingerprint density at radius 3 is 3.00 bits per heavy atom. The van der Waals surface area contributed by atoms with E-state index < -0.39 is 0 Å². The molecular formula is C9H17NO2. The minimum absolute atomic E-state index is 0.0495. The lowest BCUT2D eigenvalue weighted by Crippen LogP contribution is -2.31. The first-order valence-electron chi connectivity index (χ1n) is 4.59. The molecule has 0 saturated carbocycles. The number of methoxy groups -OCH3 is 1. The zero-order valence-electron chi connectivity index (χ0n) is 7.80. The molecule has 3 nitrogen and oxygen atoms in total. The lowest BCUT2D eigenvalue weighted by Gasteiger charge is -2.06. The third-order valence-corrected chi connectivity index (χ3v) is 2.40. The van der Waals surface area contributed by atoms with Gasteiger partial charge in [0.25, 0.3) is 0 Å². The zero-order valence-corrected chi connectivity index (χ0v) is 7.80. The Morgan fingerprint density at radius 1 is 1.67 bits per heavy atom. The molecule has 3 heteroatoms. The molecule has 70 valence electrons. The standard InChI is InChI=1S/C9H17NO2/c1-3-4-7-5-8(10-6-7)9(11)12-2/h7-8,10H,3-6H2,1-2H3/t7-,8-/m0/s1. The number of nitrogens with one attached hydrogen (secondary N) is 1. The van der Waals surface area contributed by atoms with E-state index >= 15 is 0 Å². The van der Waals surface area contributed by atoms with Gasteiger partial charge < -0.3 is 10.1 Å². The van der Waals surface area contributed by atoms with Crippen LogP contribution in [0.15, 0.2) is 0 Å². The first-order valence-corrected chi connectivity index (χ1v) is 4.59. The molecule has 0 bridgehead atoms. The third-order valence-electron chi connectivity index (χ3n) is 2.40. The highest BCUT2D eigenvalue weighted by Crippen LogP contribution is 2.19. The summed E-state index contributed by atoms with van der Waals surface area (Å²) in [5.74, 6) is 0.549. The minimum atomic E-state index is -0.117. The summed E-state index contributed by atoms with van der Waals surface area (Å²) in [6.45, 7) is 3.14. The van der Waals surface area contributed by atoms with Crippen LogP contribution in [-0.2, 0) is 9.53 Å². The van der Waals surface area contributed by atoms with Crippen molar-refractivity contribution < 1.29 is 9.53 Å². The van der Waals surface area contributed by atoms with E-state index in [0.717, 1.165) is 13.0 Å². The van der Waals surface area contributed by atoms with Crippen molar-refractivity contribution in [1.29, 1.82) is 0 Å². The van der Waals surface area contributed by atoms with E-state index in [0.29, 0.717) is 5.92 Å². The van der Waals surface area contributed by atoms with E-state index in [-0.39, 0.29) is 12.0 Å². The van der Waals surface area contributed by atoms with Crippen LogP contribution in [0.4, 0.5) is 0 Å². The van der Waals surface area contributed by atoms with Gasteiger partial charge in [-0.15, -0.1) is 0 Å². The molecule has 1 N–H and O–H groups in total. The Hall–Kier alpha value is -0.570. The summed E-state index contributed by atoms with van der Waals surface area (Å²) in [5.41, 5.74) is 0. The zero-order chi connectivity index (χ0) is 8.97. The maximum atomic E-state index is 11.1. The van der Waals surface area contributed by atoms with Gasteiger partial charge in [-0.2, -0.15) is 0 Å². The second-order valence-electron chi connectivity index (χ2n) is 3.37. The van der Waals surface area contributed by atoms with Gasteiger partial charge in [0, 0.05) is 0 Å². The van der Waals surface area contributed by atoms with Crippen LogP contribution in [0.25, 0.3) is 0 Å². The molecule has 1 aliphatic rings. The number of carbonyl (C=O) groups excluding carboxylic acids is 1. The second-order valence-corrected chi connectivity index (χ2v) is 3.37. The fourth-order valence-electron chi connectivity index (χ4n) is 1.76. The summed E-state index contributed by atoms with van der Waals surface area (Å²) in [4.78, 5) is 11.1. The first kappa shape index (κ1) is 9.52. The Morgan fingerprint density at radius 2 is 2.42 bits per heavy atom. The summed E-state index contributed by atoms with van der Waals surface area (Å²) in [5, 5.41) is 3.17. The highest BCUT2D eigenvalue weighted by molar-refractivity contribution is 5.75. The van der Waals surface area contributed by atoms with Gasteiger partial charge in [0.1, 0.15) is 6.04 Å². The van der Waals surface area contributed by atoms with Crippen LogP contribution in [0.1, 0.15) is 26.2 Å². The minimum Gasteiger partial charge on any atom is -0.468 e. The predicted molar refractivity (Wildman–Crippen MR) is 46.8 cm³/mol. The summed E-state index contributed by atoms with van der Waals surface area (Å²) >= 11 is 0. The first-order chi connectivity index (χ1) is 5.77. The highest BCUT2D eigenvalue weighted by atomic mass is 16.5. The lowest BCUT2D eigenvalue weighted by molar-refractivity contribution is -0.142. The molecule has 12 heavy (non-hydrogen) atoms. The summed E-state index contributed by atoms with van der Waals surface area (Å²) in [7, 11) is 1.44. The maximum Gasteiger partial charge on any atom is 0.322 e. The molecule has 0 amide bonds. The molecule has 1 rings (SSSR count). The second kappa shape index (κ2) is 4.45. The molecule has 0 spiro atoms. The smallest absolute Gasteiger partial charge is 0.322 e. The topological polar surface area (TPSA) is 38.3 Å². The van der Waals surface area contributed by atoms with Crippen LogP contribution in [0.2, 0.25) is 0 Å². The lowest BCUT2D eigenvalue weighted by atomic mass is 10.0. The summed E-state index contributed by atoms with van der Waals surface area (Å²) < 4.78 is 4.66. The number of carbonyl (C=O) groups is 1. The molecule has 0 aromatic carbocycles. The van der Waals surface area contributed by atoms with E-state index in [4.69, 9.17) is 0 Å². The molecule has 0 radical (unpaired) electrons. The number of ether oxygens (including phenoxy) is 1. The number of esters is 1. The number of hydrogen-bond acceptors (Lipinski definition) is 3. The van der Waals surface area contributed by atoms with E-state index in [1.54, 1.807) is 0 Å². The summed E-state index contributed by atoms with van der Waals surface area (Å²) in [6.07, 6.45) is 3.35. The van der Waals surface area contributed by atoms with Gasteiger partial charge in [-0.1, -0.05) is 13.3 Å². The molecule has 0 aromatic heterocycles. The van der Waals surface area contributed by atoms with Crippen LogP contribution < -0.4 is 5.32 Å². The Balaban J connectivity index is 2.30. The normalized spacial score (nSPS) is 28.8. The van der Waals surface area contributed by atoms with Crippen LogP contribution in [-0.4, -0.2) is 25.7 Å². The van der Waals surface area contributed by atoms with Crippen molar-refractivity contribution in [2.45, 2.75) is 32.2 Å². The average molecular weight is 171 g/mol. The van der Waals surface area contributed by atoms with Gasteiger partial charge in [0.15, 0.2) is 0 Å². The maximum absolute atomic E-state index is 11.1. The Kier molecular flexibility index (Phi) is 3.53. The van der Waals surface area contributed by atoms with Gasteiger partial charge in [-0.25, -0.2) is 0 Å². The quantitative estimate of drug-likeness (QED) is 0.642. The molecule has 0 aliphatic carbocycles. The summed E-state index contributed by atoms with van der Waals surface area (Å²) in [6, 6.07) is -0.0495. The molecule has 2 atom stereocenters. The van der Waals surface area contributed by atoms with Gasteiger partial charge in [-0.3, -0.25) is 4.79 Å². The van der Waals surface area contributed by atoms with Crippen molar-refractivity contribution in [2.75, 3.05) is 13.7 Å². The van der Waals surface area contributed by atoms with Gasteiger partial charge in [0.2, 0.25) is 0 Å². The monoisotopic (exact) mass is 171 g/mol. The van der Waals surface area contributed by atoms with E-state index in [9.17, 15) is 4.79 Å². The molecule has 0 aromatic rings. The Bertz CT molecular complexity index is 159. The molecule has 1 fully saturated rings. The number of rotatable bonds is 3. The van der Waals surface area contributed by atoms with Crippen LogP contribution >= 0.6 is 0 Å². The molecule has 1 saturated heterocycles. The molecular weight excluding hydrogens is 154 g/mol. The van der Waals surface area contributed by atoms with Crippen molar-refractivity contribution in [3.63, 3.8) is 0 Å². The van der Waals surface area contributed by atoms with Crippen molar-refractivity contribution >= 4 is 5.97 Å². The Labute approximate surface area is 73.5 Å². The van der Waals surface area contributed by atoms with Gasteiger partial charge >= 0.3 is 5.97 Å². The van der Waals surface area contributed by atoms with E-state index in [1.807, 2.05) is 0 Å².